The fourth-order valence-electron chi connectivity index (χ4n) is 1.67. The molecule has 0 N–H and O–H groups in total. The molecule has 0 aliphatic carbocycles. The smallest absolute Gasteiger partial charge is 0.0237 e. The van der Waals surface area contributed by atoms with E-state index in [0.717, 1.165) is 13.1 Å². The fourth-order valence-corrected chi connectivity index (χ4v) is 2.11. The topological polar surface area (TPSA) is 3.24 Å². The number of hydrogen-bond donors (Lipinski definition) is 0. The molecule has 1 aromatic rings. The SMILES string of the molecule is IC1=CCN(Cc2ccccc2)CC1. The van der Waals surface area contributed by atoms with E-state index in [1.807, 2.05) is 0 Å². The first-order chi connectivity index (χ1) is 6.84. The van der Waals surface area contributed by atoms with Gasteiger partial charge in [0.15, 0.2) is 0 Å². The van der Waals surface area contributed by atoms with Crippen LogP contribution >= 0.6 is 22.6 Å². The average Bonchev–Trinajstić information content (AvgIpc) is 2.23. The van der Waals surface area contributed by atoms with Crippen molar-refractivity contribution >= 4 is 22.6 Å². The summed E-state index contributed by atoms with van der Waals surface area (Å²) in [6, 6.07) is 10.7. The van der Waals surface area contributed by atoms with Crippen molar-refractivity contribution in [2.75, 3.05) is 13.1 Å². The van der Waals surface area contributed by atoms with Gasteiger partial charge in [0.05, 0.1) is 0 Å². The molecule has 1 aromatic carbocycles. The molecule has 0 unspecified atom stereocenters. The molecule has 1 heterocycles. The van der Waals surface area contributed by atoms with Gasteiger partial charge >= 0.3 is 0 Å². The Morgan fingerprint density at radius 2 is 2.00 bits per heavy atom. The third-order valence-electron chi connectivity index (χ3n) is 2.49. The molecule has 0 saturated carbocycles. The Morgan fingerprint density at radius 1 is 1.21 bits per heavy atom. The zero-order valence-corrected chi connectivity index (χ0v) is 10.3. The molecule has 0 radical (unpaired) electrons. The maximum Gasteiger partial charge on any atom is 0.0237 e. The van der Waals surface area contributed by atoms with Crippen molar-refractivity contribution in [3.63, 3.8) is 0 Å². The average molecular weight is 299 g/mol. The second-order valence-corrected chi connectivity index (χ2v) is 5.01. The van der Waals surface area contributed by atoms with Crippen LogP contribution in [0.25, 0.3) is 0 Å². The first-order valence-electron chi connectivity index (χ1n) is 4.95. The monoisotopic (exact) mass is 299 g/mol. The third kappa shape index (κ3) is 2.82. The quantitative estimate of drug-likeness (QED) is 0.758. The van der Waals surface area contributed by atoms with Gasteiger partial charge in [0, 0.05) is 19.6 Å². The van der Waals surface area contributed by atoms with Crippen LogP contribution in [-0.2, 0) is 6.54 Å². The number of benzene rings is 1. The van der Waals surface area contributed by atoms with E-state index in [2.05, 4.69) is 63.9 Å². The molecule has 1 aliphatic heterocycles. The van der Waals surface area contributed by atoms with Crippen molar-refractivity contribution < 1.29 is 0 Å². The van der Waals surface area contributed by atoms with E-state index in [1.54, 1.807) is 0 Å². The van der Waals surface area contributed by atoms with Gasteiger partial charge < -0.3 is 0 Å². The van der Waals surface area contributed by atoms with E-state index in [4.69, 9.17) is 0 Å². The number of halogens is 1. The van der Waals surface area contributed by atoms with Crippen molar-refractivity contribution in [1.29, 1.82) is 0 Å². The Kier molecular flexibility index (Phi) is 3.59. The van der Waals surface area contributed by atoms with Crippen LogP contribution in [0.3, 0.4) is 0 Å². The summed E-state index contributed by atoms with van der Waals surface area (Å²) >= 11 is 2.43. The lowest BCUT2D eigenvalue weighted by Gasteiger charge is -2.24. The maximum atomic E-state index is 2.48. The van der Waals surface area contributed by atoms with Crippen molar-refractivity contribution in [3.05, 3.63) is 45.6 Å². The molecule has 0 bridgehead atoms. The Hall–Kier alpha value is -0.350. The Labute approximate surface area is 98.9 Å². The van der Waals surface area contributed by atoms with E-state index in [1.165, 1.54) is 22.1 Å². The van der Waals surface area contributed by atoms with Gasteiger partial charge in [-0.15, -0.1) is 0 Å². The molecule has 14 heavy (non-hydrogen) atoms. The molecular formula is C12H14IN. The van der Waals surface area contributed by atoms with Gasteiger partial charge in [-0.1, -0.05) is 36.4 Å². The molecule has 0 amide bonds. The Bertz CT molecular complexity index is 318. The number of rotatable bonds is 2. The van der Waals surface area contributed by atoms with Crippen molar-refractivity contribution in [1.82, 2.24) is 4.90 Å². The van der Waals surface area contributed by atoms with Crippen molar-refractivity contribution in [3.8, 4) is 0 Å². The van der Waals surface area contributed by atoms with Gasteiger partial charge in [-0.3, -0.25) is 4.90 Å². The van der Waals surface area contributed by atoms with Crippen molar-refractivity contribution in [2.24, 2.45) is 0 Å². The molecule has 0 saturated heterocycles. The predicted octanol–water partition coefficient (Wildman–Crippen LogP) is 3.21. The van der Waals surface area contributed by atoms with Gasteiger partial charge in [-0.25, -0.2) is 0 Å². The second-order valence-electron chi connectivity index (χ2n) is 3.62. The lowest BCUT2D eigenvalue weighted by molar-refractivity contribution is 0.290. The Balaban J connectivity index is 1.93. The van der Waals surface area contributed by atoms with Gasteiger partial charge in [-0.05, 0) is 38.2 Å². The molecular weight excluding hydrogens is 285 g/mol. The van der Waals surface area contributed by atoms with Crippen molar-refractivity contribution in [2.45, 2.75) is 13.0 Å². The highest BCUT2D eigenvalue weighted by Gasteiger charge is 2.09. The maximum absolute atomic E-state index is 2.48. The van der Waals surface area contributed by atoms with Gasteiger partial charge in [0.25, 0.3) is 0 Å². The molecule has 0 aromatic heterocycles. The summed E-state index contributed by atoms with van der Waals surface area (Å²) in [4.78, 5) is 2.48. The number of hydrogen-bond acceptors (Lipinski definition) is 1. The Morgan fingerprint density at radius 3 is 2.64 bits per heavy atom. The fraction of sp³-hybridized carbons (Fsp3) is 0.333. The largest absolute Gasteiger partial charge is 0.295 e. The lowest BCUT2D eigenvalue weighted by atomic mass is 10.2. The molecule has 0 spiro atoms. The normalized spacial score (nSPS) is 17.9. The van der Waals surface area contributed by atoms with Crippen LogP contribution in [0.1, 0.15) is 12.0 Å². The van der Waals surface area contributed by atoms with Crippen LogP contribution in [0.15, 0.2) is 40.0 Å². The van der Waals surface area contributed by atoms with E-state index < -0.39 is 0 Å². The zero-order valence-electron chi connectivity index (χ0n) is 8.12. The summed E-state index contributed by atoms with van der Waals surface area (Å²) in [6.45, 7) is 3.39. The van der Waals surface area contributed by atoms with E-state index in [0.29, 0.717) is 0 Å². The van der Waals surface area contributed by atoms with E-state index >= 15 is 0 Å². The van der Waals surface area contributed by atoms with Crippen LogP contribution in [0, 0.1) is 0 Å². The highest BCUT2D eigenvalue weighted by molar-refractivity contribution is 14.1. The highest BCUT2D eigenvalue weighted by Crippen LogP contribution is 2.18. The molecule has 0 atom stereocenters. The molecule has 0 fully saturated rings. The van der Waals surface area contributed by atoms with Gasteiger partial charge in [0.2, 0.25) is 0 Å². The van der Waals surface area contributed by atoms with Crippen LogP contribution in [0.5, 0.6) is 0 Å². The third-order valence-corrected chi connectivity index (χ3v) is 3.47. The van der Waals surface area contributed by atoms with Crippen LogP contribution < -0.4 is 0 Å². The molecule has 74 valence electrons. The summed E-state index contributed by atoms with van der Waals surface area (Å²) in [6.07, 6.45) is 3.54. The van der Waals surface area contributed by atoms with E-state index in [9.17, 15) is 0 Å². The highest BCUT2D eigenvalue weighted by atomic mass is 127. The summed E-state index contributed by atoms with van der Waals surface area (Å²) in [5.41, 5.74) is 1.41. The number of nitrogens with zero attached hydrogens (tertiary/aromatic N) is 1. The molecule has 1 nitrogen and oxygen atoms in total. The summed E-state index contributed by atoms with van der Waals surface area (Å²) in [7, 11) is 0. The van der Waals surface area contributed by atoms with Gasteiger partial charge in [0.1, 0.15) is 0 Å². The summed E-state index contributed by atoms with van der Waals surface area (Å²) in [5, 5.41) is 0. The van der Waals surface area contributed by atoms with Crippen LogP contribution in [-0.4, -0.2) is 18.0 Å². The summed E-state index contributed by atoms with van der Waals surface area (Å²) < 4.78 is 1.51. The van der Waals surface area contributed by atoms with Crippen LogP contribution in [0.4, 0.5) is 0 Å². The van der Waals surface area contributed by atoms with Gasteiger partial charge in [-0.2, -0.15) is 0 Å². The lowest BCUT2D eigenvalue weighted by Crippen LogP contribution is -2.27. The second kappa shape index (κ2) is 4.94. The zero-order chi connectivity index (χ0) is 9.80. The predicted molar refractivity (Wildman–Crippen MR) is 68.4 cm³/mol. The van der Waals surface area contributed by atoms with Crippen LogP contribution in [0.2, 0.25) is 0 Å². The minimum atomic E-state index is 1.08. The molecule has 2 heteroatoms. The summed E-state index contributed by atoms with van der Waals surface area (Å²) in [5.74, 6) is 0. The van der Waals surface area contributed by atoms with E-state index in [-0.39, 0.29) is 0 Å². The first kappa shape index (κ1) is 10.2. The first-order valence-corrected chi connectivity index (χ1v) is 6.03. The molecule has 1 aliphatic rings. The molecule has 2 rings (SSSR count). The minimum Gasteiger partial charge on any atom is -0.295 e. The standard InChI is InChI=1S/C12H14IN/c13-12-6-8-14(9-7-12)10-11-4-2-1-3-5-11/h1-6H,7-10H2. The minimum absolute atomic E-state index is 1.08.